The van der Waals surface area contributed by atoms with E-state index in [0.717, 1.165) is 26.2 Å². The Balaban J connectivity index is 1.86. The Bertz CT molecular complexity index is 340. The highest BCUT2D eigenvalue weighted by Crippen LogP contribution is 2.16. The summed E-state index contributed by atoms with van der Waals surface area (Å²) in [5.41, 5.74) is 1.37. The van der Waals surface area contributed by atoms with Crippen molar-refractivity contribution in [1.82, 2.24) is 9.80 Å². The predicted octanol–water partition coefficient (Wildman–Crippen LogP) is 1.58. The zero-order chi connectivity index (χ0) is 12.8. The molecule has 3 heteroatoms. The summed E-state index contributed by atoms with van der Waals surface area (Å²) < 4.78 is 0. The number of rotatable bonds is 5. The summed E-state index contributed by atoms with van der Waals surface area (Å²) in [7, 11) is 2.21. The van der Waals surface area contributed by atoms with Crippen molar-refractivity contribution < 1.29 is 5.11 Å². The van der Waals surface area contributed by atoms with E-state index in [-0.39, 0.29) is 6.61 Å². The van der Waals surface area contributed by atoms with E-state index in [4.69, 9.17) is 5.11 Å². The van der Waals surface area contributed by atoms with E-state index in [1.54, 1.807) is 0 Å². The predicted molar refractivity (Wildman–Crippen MR) is 74.5 cm³/mol. The first-order valence-corrected chi connectivity index (χ1v) is 6.87. The number of likely N-dealkylation sites (N-methyl/N-ethyl adjacent to an activating group) is 1. The molecule has 0 radical (unpaired) electrons. The molecule has 18 heavy (non-hydrogen) atoms. The first-order valence-electron chi connectivity index (χ1n) is 6.87. The topological polar surface area (TPSA) is 26.7 Å². The Morgan fingerprint density at radius 1 is 1.33 bits per heavy atom. The maximum absolute atomic E-state index is 9.02. The molecule has 1 aliphatic rings. The molecular weight excluding hydrogens is 224 g/mol. The van der Waals surface area contributed by atoms with Gasteiger partial charge < -0.3 is 5.11 Å². The molecule has 3 nitrogen and oxygen atoms in total. The van der Waals surface area contributed by atoms with Crippen LogP contribution in [0.5, 0.6) is 0 Å². The molecule has 0 aromatic heterocycles. The number of β-amino-alcohol motifs (C(OH)–C–C–N with tert-alkyl or cyclic N) is 1. The number of piperidine rings is 1. The Morgan fingerprint density at radius 3 is 2.83 bits per heavy atom. The van der Waals surface area contributed by atoms with Crippen molar-refractivity contribution in [3.05, 3.63) is 35.9 Å². The van der Waals surface area contributed by atoms with Crippen molar-refractivity contribution in [1.29, 1.82) is 0 Å². The molecule has 1 aromatic carbocycles. The van der Waals surface area contributed by atoms with Gasteiger partial charge in [0.05, 0.1) is 6.61 Å². The SMILES string of the molecule is CN(Cc1ccccc1)[C@@H]1CCCN(CCO)C1. The summed E-state index contributed by atoms with van der Waals surface area (Å²) in [4.78, 5) is 4.81. The molecule has 0 aliphatic carbocycles. The summed E-state index contributed by atoms with van der Waals surface area (Å²) in [5, 5.41) is 9.02. The van der Waals surface area contributed by atoms with Crippen molar-refractivity contribution in [2.45, 2.75) is 25.4 Å². The van der Waals surface area contributed by atoms with Crippen LogP contribution in [-0.4, -0.2) is 54.2 Å². The average Bonchev–Trinajstić information content (AvgIpc) is 2.40. The molecule has 0 unspecified atom stereocenters. The highest BCUT2D eigenvalue weighted by atomic mass is 16.3. The largest absolute Gasteiger partial charge is 0.395 e. The monoisotopic (exact) mass is 248 g/mol. The van der Waals surface area contributed by atoms with Crippen LogP contribution in [0.3, 0.4) is 0 Å². The molecule has 1 N–H and O–H groups in total. The third-order valence-corrected chi connectivity index (χ3v) is 3.80. The fourth-order valence-electron chi connectivity index (χ4n) is 2.74. The summed E-state index contributed by atoms with van der Waals surface area (Å²) >= 11 is 0. The minimum absolute atomic E-state index is 0.273. The number of benzene rings is 1. The minimum Gasteiger partial charge on any atom is -0.395 e. The fourth-order valence-corrected chi connectivity index (χ4v) is 2.74. The first kappa shape index (κ1) is 13.5. The van der Waals surface area contributed by atoms with E-state index in [2.05, 4.69) is 47.2 Å². The average molecular weight is 248 g/mol. The van der Waals surface area contributed by atoms with Crippen LogP contribution in [0, 0.1) is 0 Å². The van der Waals surface area contributed by atoms with Gasteiger partial charge in [-0.05, 0) is 32.0 Å². The van der Waals surface area contributed by atoms with E-state index >= 15 is 0 Å². The van der Waals surface area contributed by atoms with E-state index in [1.165, 1.54) is 18.4 Å². The zero-order valence-corrected chi connectivity index (χ0v) is 11.3. The molecule has 1 atom stereocenters. The van der Waals surface area contributed by atoms with Gasteiger partial charge in [-0.3, -0.25) is 9.80 Å². The lowest BCUT2D eigenvalue weighted by atomic mass is 10.0. The maximum atomic E-state index is 9.02. The second-order valence-corrected chi connectivity index (χ2v) is 5.22. The summed E-state index contributed by atoms with van der Waals surface area (Å²) in [6.07, 6.45) is 2.51. The van der Waals surface area contributed by atoms with Gasteiger partial charge in [0.2, 0.25) is 0 Å². The Hall–Kier alpha value is -0.900. The van der Waals surface area contributed by atoms with E-state index in [0.29, 0.717) is 6.04 Å². The molecule has 1 aliphatic heterocycles. The number of aliphatic hydroxyl groups excluding tert-OH is 1. The lowest BCUT2D eigenvalue weighted by Crippen LogP contribution is -2.46. The van der Waals surface area contributed by atoms with Gasteiger partial charge in [0.25, 0.3) is 0 Å². The Labute approximate surface area is 110 Å². The number of nitrogens with zero attached hydrogens (tertiary/aromatic N) is 2. The van der Waals surface area contributed by atoms with E-state index in [9.17, 15) is 0 Å². The van der Waals surface area contributed by atoms with Crippen LogP contribution in [0.15, 0.2) is 30.3 Å². The molecule has 0 saturated carbocycles. The molecule has 0 spiro atoms. The molecular formula is C15H24N2O. The molecule has 1 fully saturated rings. The van der Waals surface area contributed by atoms with Gasteiger partial charge in [-0.1, -0.05) is 30.3 Å². The van der Waals surface area contributed by atoms with Crippen LogP contribution in [0.2, 0.25) is 0 Å². The zero-order valence-electron chi connectivity index (χ0n) is 11.3. The third-order valence-electron chi connectivity index (χ3n) is 3.80. The van der Waals surface area contributed by atoms with Gasteiger partial charge in [0.1, 0.15) is 0 Å². The second-order valence-electron chi connectivity index (χ2n) is 5.22. The lowest BCUT2D eigenvalue weighted by Gasteiger charge is -2.37. The van der Waals surface area contributed by atoms with Crippen LogP contribution >= 0.6 is 0 Å². The summed E-state index contributed by atoms with van der Waals surface area (Å²) in [5.74, 6) is 0. The quantitative estimate of drug-likeness (QED) is 0.857. The van der Waals surface area contributed by atoms with E-state index < -0.39 is 0 Å². The molecule has 100 valence electrons. The Kier molecular flexibility index (Phi) is 5.17. The number of hydrogen-bond acceptors (Lipinski definition) is 3. The van der Waals surface area contributed by atoms with Gasteiger partial charge in [0.15, 0.2) is 0 Å². The molecule has 0 bridgehead atoms. The smallest absolute Gasteiger partial charge is 0.0558 e. The maximum Gasteiger partial charge on any atom is 0.0558 e. The molecule has 1 heterocycles. The molecule has 0 amide bonds. The van der Waals surface area contributed by atoms with Crippen LogP contribution in [0.4, 0.5) is 0 Å². The minimum atomic E-state index is 0.273. The summed E-state index contributed by atoms with van der Waals surface area (Å²) in [6.45, 7) is 4.32. The number of hydrogen-bond donors (Lipinski definition) is 1. The van der Waals surface area contributed by atoms with Gasteiger partial charge in [-0.25, -0.2) is 0 Å². The van der Waals surface area contributed by atoms with Crippen molar-refractivity contribution in [2.24, 2.45) is 0 Å². The third kappa shape index (κ3) is 3.80. The molecule has 2 rings (SSSR count). The highest BCUT2D eigenvalue weighted by molar-refractivity contribution is 5.14. The van der Waals surface area contributed by atoms with Crippen LogP contribution in [0.1, 0.15) is 18.4 Å². The number of likely N-dealkylation sites (tertiary alicyclic amines) is 1. The van der Waals surface area contributed by atoms with Gasteiger partial charge in [-0.2, -0.15) is 0 Å². The van der Waals surface area contributed by atoms with E-state index in [1.807, 2.05) is 0 Å². The Morgan fingerprint density at radius 2 is 2.11 bits per heavy atom. The summed E-state index contributed by atoms with van der Waals surface area (Å²) in [6, 6.07) is 11.2. The van der Waals surface area contributed by atoms with Crippen molar-refractivity contribution in [3.8, 4) is 0 Å². The van der Waals surface area contributed by atoms with Crippen molar-refractivity contribution in [2.75, 3.05) is 33.3 Å². The standard InChI is InChI=1S/C15H24N2O/c1-16(12-14-6-3-2-4-7-14)15-8-5-9-17(13-15)10-11-18/h2-4,6-7,15,18H,5,8-13H2,1H3/t15-/m1/s1. The normalized spacial score (nSPS) is 21.4. The lowest BCUT2D eigenvalue weighted by molar-refractivity contribution is 0.0965. The second kappa shape index (κ2) is 6.88. The first-order chi connectivity index (χ1) is 8.79. The highest BCUT2D eigenvalue weighted by Gasteiger charge is 2.22. The van der Waals surface area contributed by atoms with Gasteiger partial charge in [-0.15, -0.1) is 0 Å². The van der Waals surface area contributed by atoms with Crippen LogP contribution in [0.25, 0.3) is 0 Å². The number of aliphatic hydroxyl groups is 1. The van der Waals surface area contributed by atoms with Crippen LogP contribution < -0.4 is 0 Å². The molecule has 1 aromatic rings. The van der Waals surface area contributed by atoms with Crippen molar-refractivity contribution >= 4 is 0 Å². The van der Waals surface area contributed by atoms with Crippen molar-refractivity contribution in [3.63, 3.8) is 0 Å². The van der Waals surface area contributed by atoms with Gasteiger partial charge in [0, 0.05) is 25.7 Å². The molecule has 1 saturated heterocycles. The van der Waals surface area contributed by atoms with Crippen LogP contribution in [-0.2, 0) is 6.54 Å². The fraction of sp³-hybridized carbons (Fsp3) is 0.600. The van der Waals surface area contributed by atoms with Gasteiger partial charge >= 0.3 is 0 Å².